The summed E-state index contributed by atoms with van der Waals surface area (Å²) in [5.74, 6) is 2.90. The smallest absolute Gasteiger partial charge is 0.251 e. The van der Waals surface area contributed by atoms with Crippen molar-refractivity contribution in [2.45, 2.75) is 18.6 Å². The molecule has 3 aromatic rings. The number of nitrogens with zero attached hydrogens (tertiary/aromatic N) is 3. The molecule has 1 amide bonds. The van der Waals surface area contributed by atoms with Gasteiger partial charge in [-0.15, -0.1) is 10.2 Å². The predicted octanol–water partition coefficient (Wildman–Crippen LogP) is 3.23. The monoisotopic (exact) mass is 412 g/mol. The van der Waals surface area contributed by atoms with E-state index >= 15 is 0 Å². The molecule has 0 bridgehead atoms. The van der Waals surface area contributed by atoms with E-state index in [0.717, 1.165) is 28.0 Å². The Morgan fingerprint density at radius 2 is 1.90 bits per heavy atom. The van der Waals surface area contributed by atoms with Crippen molar-refractivity contribution in [3.63, 3.8) is 0 Å². The van der Waals surface area contributed by atoms with Gasteiger partial charge in [-0.25, -0.2) is 0 Å². The molecule has 0 unspecified atom stereocenters. The Kier molecular flexibility index (Phi) is 7.13. The second-order valence-corrected chi connectivity index (χ2v) is 7.44. The SMILES string of the molecule is COc1ccc(OCCSc2nnc(CNC(=O)c3cccc(C)c3)n2C)cc1. The van der Waals surface area contributed by atoms with Gasteiger partial charge in [-0.3, -0.25) is 4.79 Å². The summed E-state index contributed by atoms with van der Waals surface area (Å²) in [6.07, 6.45) is 0. The molecule has 8 heteroatoms. The predicted molar refractivity (Wildman–Crippen MR) is 113 cm³/mol. The van der Waals surface area contributed by atoms with E-state index < -0.39 is 0 Å². The Hall–Kier alpha value is -3.00. The molecule has 7 nitrogen and oxygen atoms in total. The third-order valence-electron chi connectivity index (χ3n) is 4.26. The number of hydrogen-bond acceptors (Lipinski definition) is 6. The second kappa shape index (κ2) is 9.97. The number of ether oxygens (including phenoxy) is 2. The van der Waals surface area contributed by atoms with Crippen molar-refractivity contribution in [2.75, 3.05) is 19.5 Å². The standard InChI is InChI=1S/C21H24N4O3S/c1-15-5-4-6-16(13-15)20(26)22-14-19-23-24-21(25(19)2)29-12-11-28-18-9-7-17(27-3)8-10-18/h4-10,13H,11-12,14H2,1-3H3,(H,22,26). The average molecular weight is 413 g/mol. The third-order valence-corrected chi connectivity index (χ3v) is 5.24. The van der Waals surface area contributed by atoms with E-state index in [4.69, 9.17) is 9.47 Å². The number of nitrogens with one attached hydrogen (secondary N) is 1. The maximum atomic E-state index is 12.3. The average Bonchev–Trinajstić information content (AvgIpc) is 3.09. The van der Waals surface area contributed by atoms with Crippen LogP contribution in [-0.2, 0) is 13.6 Å². The van der Waals surface area contributed by atoms with E-state index in [-0.39, 0.29) is 5.91 Å². The highest BCUT2D eigenvalue weighted by Gasteiger charge is 2.11. The molecule has 1 aromatic heterocycles. The zero-order valence-corrected chi connectivity index (χ0v) is 17.5. The second-order valence-electron chi connectivity index (χ2n) is 6.38. The van der Waals surface area contributed by atoms with Crippen LogP contribution in [0.4, 0.5) is 0 Å². The molecule has 0 radical (unpaired) electrons. The first kappa shape index (κ1) is 20.7. The van der Waals surface area contributed by atoms with E-state index in [9.17, 15) is 4.79 Å². The molecule has 29 heavy (non-hydrogen) atoms. The minimum atomic E-state index is -0.126. The number of carbonyl (C=O) groups excluding carboxylic acids is 1. The Bertz CT molecular complexity index is 957. The van der Waals surface area contributed by atoms with Crippen LogP contribution in [0.5, 0.6) is 11.5 Å². The van der Waals surface area contributed by atoms with Crippen LogP contribution in [-0.4, -0.2) is 40.1 Å². The van der Waals surface area contributed by atoms with Crippen molar-refractivity contribution < 1.29 is 14.3 Å². The van der Waals surface area contributed by atoms with Gasteiger partial charge in [-0.2, -0.15) is 0 Å². The molecular formula is C21H24N4O3S. The molecule has 0 aliphatic rings. The van der Waals surface area contributed by atoms with Crippen LogP contribution in [0.3, 0.4) is 0 Å². The fourth-order valence-corrected chi connectivity index (χ4v) is 3.38. The third kappa shape index (κ3) is 5.74. The van der Waals surface area contributed by atoms with Gasteiger partial charge < -0.3 is 19.4 Å². The molecule has 2 aromatic carbocycles. The Morgan fingerprint density at radius 3 is 2.62 bits per heavy atom. The molecule has 3 rings (SSSR count). The van der Waals surface area contributed by atoms with Crippen LogP contribution in [0.2, 0.25) is 0 Å². The minimum absolute atomic E-state index is 0.126. The topological polar surface area (TPSA) is 78.3 Å². The molecular weight excluding hydrogens is 388 g/mol. The number of hydrogen-bond donors (Lipinski definition) is 1. The summed E-state index contributed by atoms with van der Waals surface area (Å²) in [4.78, 5) is 12.3. The van der Waals surface area contributed by atoms with Gasteiger partial charge in [0.25, 0.3) is 5.91 Å². The summed E-state index contributed by atoms with van der Waals surface area (Å²) in [5, 5.41) is 12.0. The Morgan fingerprint density at radius 1 is 1.14 bits per heavy atom. The molecule has 0 saturated carbocycles. The number of methoxy groups -OCH3 is 1. The molecule has 0 spiro atoms. The normalized spacial score (nSPS) is 10.6. The largest absolute Gasteiger partial charge is 0.497 e. The number of amides is 1. The van der Waals surface area contributed by atoms with Gasteiger partial charge in [0, 0.05) is 18.4 Å². The fraction of sp³-hybridized carbons (Fsp3) is 0.286. The van der Waals surface area contributed by atoms with E-state index in [0.29, 0.717) is 24.5 Å². The molecule has 0 saturated heterocycles. The number of rotatable bonds is 9. The summed E-state index contributed by atoms with van der Waals surface area (Å²) in [6, 6.07) is 15.0. The quantitative estimate of drug-likeness (QED) is 0.429. The van der Waals surface area contributed by atoms with Crippen LogP contribution >= 0.6 is 11.8 Å². The summed E-state index contributed by atoms with van der Waals surface area (Å²) in [7, 11) is 3.52. The number of aromatic nitrogens is 3. The summed E-state index contributed by atoms with van der Waals surface area (Å²) in [5.41, 5.74) is 1.68. The zero-order valence-electron chi connectivity index (χ0n) is 16.7. The lowest BCUT2D eigenvalue weighted by Gasteiger charge is -2.08. The zero-order chi connectivity index (χ0) is 20.6. The highest BCUT2D eigenvalue weighted by Crippen LogP contribution is 2.19. The molecule has 0 aliphatic heterocycles. The van der Waals surface area contributed by atoms with Crippen LogP contribution in [0.25, 0.3) is 0 Å². The summed E-state index contributed by atoms with van der Waals surface area (Å²) >= 11 is 1.55. The fourth-order valence-electron chi connectivity index (χ4n) is 2.64. The van der Waals surface area contributed by atoms with Gasteiger partial charge in [-0.1, -0.05) is 29.5 Å². The van der Waals surface area contributed by atoms with E-state index in [1.807, 2.05) is 61.0 Å². The number of thioether (sulfide) groups is 1. The van der Waals surface area contributed by atoms with Crippen LogP contribution < -0.4 is 14.8 Å². The number of aryl methyl sites for hydroxylation is 1. The molecule has 152 valence electrons. The van der Waals surface area contributed by atoms with E-state index in [1.165, 1.54) is 0 Å². The van der Waals surface area contributed by atoms with Gasteiger partial charge in [0.15, 0.2) is 11.0 Å². The maximum Gasteiger partial charge on any atom is 0.251 e. The van der Waals surface area contributed by atoms with Gasteiger partial charge in [0.1, 0.15) is 11.5 Å². The highest BCUT2D eigenvalue weighted by atomic mass is 32.2. The van der Waals surface area contributed by atoms with Crippen LogP contribution in [0.15, 0.2) is 53.7 Å². The van der Waals surface area contributed by atoms with Gasteiger partial charge in [0.05, 0.1) is 20.3 Å². The lowest BCUT2D eigenvalue weighted by atomic mass is 10.1. The summed E-state index contributed by atoms with van der Waals surface area (Å²) in [6.45, 7) is 2.82. The van der Waals surface area contributed by atoms with Crippen molar-refractivity contribution in [3.8, 4) is 11.5 Å². The molecule has 0 atom stereocenters. The lowest BCUT2D eigenvalue weighted by Crippen LogP contribution is -2.24. The molecule has 1 N–H and O–H groups in total. The summed E-state index contributed by atoms with van der Waals surface area (Å²) < 4.78 is 12.7. The first-order valence-corrected chi connectivity index (χ1v) is 10.2. The van der Waals surface area contributed by atoms with Crippen LogP contribution in [0.1, 0.15) is 21.7 Å². The van der Waals surface area contributed by atoms with Crippen molar-refractivity contribution in [2.24, 2.45) is 7.05 Å². The lowest BCUT2D eigenvalue weighted by molar-refractivity contribution is 0.0949. The molecule has 1 heterocycles. The Balaban J connectivity index is 1.45. The van der Waals surface area contributed by atoms with E-state index in [1.54, 1.807) is 24.9 Å². The molecule has 0 aliphatic carbocycles. The van der Waals surface area contributed by atoms with Gasteiger partial charge in [-0.05, 0) is 43.3 Å². The van der Waals surface area contributed by atoms with Crippen LogP contribution in [0, 0.1) is 6.92 Å². The first-order chi connectivity index (χ1) is 14.1. The van der Waals surface area contributed by atoms with Crippen molar-refractivity contribution in [3.05, 3.63) is 65.5 Å². The van der Waals surface area contributed by atoms with Gasteiger partial charge in [0.2, 0.25) is 0 Å². The number of carbonyl (C=O) groups is 1. The molecule has 0 fully saturated rings. The minimum Gasteiger partial charge on any atom is -0.497 e. The number of benzene rings is 2. The van der Waals surface area contributed by atoms with Crippen molar-refractivity contribution >= 4 is 17.7 Å². The maximum absolute atomic E-state index is 12.3. The first-order valence-electron chi connectivity index (χ1n) is 9.19. The van der Waals surface area contributed by atoms with Crippen molar-refractivity contribution in [1.29, 1.82) is 0 Å². The van der Waals surface area contributed by atoms with E-state index in [2.05, 4.69) is 15.5 Å². The Labute approximate surface area is 174 Å². The van der Waals surface area contributed by atoms with Gasteiger partial charge >= 0.3 is 0 Å². The van der Waals surface area contributed by atoms with Crippen molar-refractivity contribution in [1.82, 2.24) is 20.1 Å². The highest BCUT2D eigenvalue weighted by molar-refractivity contribution is 7.99.